The summed E-state index contributed by atoms with van der Waals surface area (Å²) in [6.45, 7) is 5.62. The molecule has 4 atom stereocenters. The first-order valence-corrected chi connectivity index (χ1v) is 18.4. The summed E-state index contributed by atoms with van der Waals surface area (Å²) in [4.78, 5) is 29.6. The molecule has 3 aromatic carbocycles. The number of ether oxygens (including phenoxy) is 2. The molecule has 0 aliphatic carbocycles. The van der Waals surface area contributed by atoms with Gasteiger partial charge in [-0.3, -0.25) is 19.2 Å². The second-order valence-corrected chi connectivity index (χ2v) is 16.2. The molecular weight excluding hydrogens is 605 g/mol. The van der Waals surface area contributed by atoms with E-state index in [4.69, 9.17) is 9.47 Å². The SMILES string of the molecule is COc1ccc(C(=O)Nc2ccc3c(c2)[C@]2(O[C@@H](CCn4cc(CCO)nn4)[C@H]([Si](C)(C)F)[C@H]2C)C(=O)N3c2ccccc2)cc1. The number of benzene rings is 3. The largest absolute Gasteiger partial charge is 0.497 e. The van der Waals surface area contributed by atoms with E-state index in [1.54, 1.807) is 72.4 Å². The fraction of sp³-hybridized carbons (Fsp3) is 0.353. The van der Waals surface area contributed by atoms with Crippen molar-refractivity contribution in [1.82, 2.24) is 15.0 Å². The number of nitrogens with one attached hydrogen (secondary N) is 1. The lowest BCUT2D eigenvalue weighted by atomic mass is 9.82. The number of para-hydroxylation sites is 1. The molecule has 1 aromatic heterocycles. The van der Waals surface area contributed by atoms with Crippen molar-refractivity contribution < 1.29 is 28.3 Å². The molecule has 1 spiro atoms. The lowest BCUT2D eigenvalue weighted by Gasteiger charge is -2.31. The molecule has 2 amide bonds. The van der Waals surface area contributed by atoms with Gasteiger partial charge in [0.05, 0.1) is 24.6 Å². The number of methoxy groups -OCH3 is 1. The van der Waals surface area contributed by atoms with Crippen LogP contribution >= 0.6 is 0 Å². The summed E-state index contributed by atoms with van der Waals surface area (Å²) in [5.41, 5.74) is 1.54. The van der Waals surface area contributed by atoms with Crippen molar-refractivity contribution in [3.05, 3.63) is 95.8 Å². The zero-order chi connectivity index (χ0) is 32.6. The van der Waals surface area contributed by atoms with Crippen LogP contribution in [0.15, 0.2) is 79.0 Å². The molecule has 10 nitrogen and oxygen atoms in total. The van der Waals surface area contributed by atoms with Crippen LogP contribution in [-0.4, -0.2) is 60.1 Å². The standard InChI is InChI=1S/C34H38FN5O5Si/c1-22-31(46(3,4)35)30(16-18-39-21-25(17-19-41)37-38-39)45-34(22)28-20-24(36-32(42)23-10-13-27(44-2)14-11-23)12-15-29(28)40(33(34)43)26-8-6-5-7-9-26/h5-15,20-22,30-31,41H,16-19H2,1-4H3,(H,36,42)/t22-,30+,31-,34+/m1/s1. The van der Waals surface area contributed by atoms with Crippen LogP contribution in [-0.2, 0) is 28.1 Å². The predicted molar refractivity (Wildman–Crippen MR) is 174 cm³/mol. The highest BCUT2D eigenvalue weighted by Crippen LogP contribution is 2.61. The van der Waals surface area contributed by atoms with E-state index in [2.05, 4.69) is 15.6 Å². The van der Waals surface area contributed by atoms with Crippen LogP contribution in [0, 0.1) is 5.92 Å². The summed E-state index contributed by atoms with van der Waals surface area (Å²) in [5.74, 6) is -0.461. The van der Waals surface area contributed by atoms with Crippen LogP contribution in [0.1, 0.15) is 35.0 Å². The molecule has 6 rings (SSSR count). The average Bonchev–Trinajstić information content (AvgIpc) is 3.69. The third kappa shape index (κ3) is 5.61. The Hall–Kier alpha value is -4.39. The van der Waals surface area contributed by atoms with Crippen molar-refractivity contribution >= 4 is 37.3 Å². The minimum Gasteiger partial charge on any atom is -0.497 e. The van der Waals surface area contributed by atoms with Crippen molar-refractivity contribution in [3.63, 3.8) is 0 Å². The van der Waals surface area contributed by atoms with Gasteiger partial charge in [-0.15, -0.1) is 5.10 Å². The molecule has 3 heterocycles. The molecule has 2 aliphatic heterocycles. The number of aliphatic hydroxyl groups excluding tert-OH is 1. The molecule has 1 fully saturated rings. The number of amides is 2. The highest BCUT2D eigenvalue weighted by Gasteiger charge is 2.67. The fourth-order valence-electron chi connectivity index (χ4n) is 7.04. The maximum atomic E-state index is 16.3. The number of hydrogen-bond acceptors (Lipinski definition) is 7. The smallest absolute Gasteiger partial charge is 0.268 e. The maximum Gasteiger partial charge on any atom is 0.268 e. The van der Waals surface area contributed by atoms with Gasteiger partial charge >= 0.3 is 0 Å². The lowest BCUT2D eigenvalue weighted by Crippen LogP contribution is -2.44. The number of aryl methyl sites for hydroxylation is 1. The number of rotatable bonds is 10. The lowest BCUT2D eigenvalue weighted by molar-refractivity contribution is -0.145. The molecule has 1 saturated heterocycles. The second kappa shape index (κ2) is 12.4. The van der Waals surface area contributed by atoms with Crippen LogP contribution in [0.25, 0.3) is 0 Å². The van der Waals surface area contributed by atoms with Gasteiger partial charge in [-0.2, -0.15) is 0 Å². The predicted octanol–water partition coefficient (Wildman–Crippen LogP) is 5.62. The first kappa shape index (κ1) is 31.6. The van der Waals surface area contributed by atoms with Crippen LogP contribution in [0.4, 0.5) is 21.2 Å². The Morgan fingerprint density at radius 3 is 2.54 bits per heavy atom. The Kier molecular flexibility index (Phi) is 8.53. The zero-order valence-corrected chi connectivity index (χ0v) is 27.3. The Bertz CT molecular complexity index is 1730. The summed E-state index contributed by atoms with van der Waals surface area (Å²) in [6.07, 6.45) is 2.01. The van der Waals surface area contributed by atoms with E-state index in [1.165, 1.54) is 0 Å². The minimum absolute atomic E-state index is 0.0316. The molecular formula is C34H38FN5O5Si. The second-order valence-electron chi connectivity index (χ2n) is 12.4. The normalized spacial score (nSPS) is 22.3. The zero-order valence-electron chi connectivity index (χ0n) is 26.3. The van der Waals surface area contributed by atoms with Gasteiger partial charge in [-0.25, -0.2) is 0 Å². The monoisotopic (exact) mass is 643 g/mol. The molecule has 2 N–H and O–H groups in total. The van der Waals surface area contributed by atoms with Crippen LogP contribution in [0.3, 0.4) is 0 Å². The molecule has 0 bridgehead atoms. The van der Waals surface area contributed by atoms with E-state index in [1.807, 2.05) is 43.3 Å². The Labute approximate surface area is 268 Å². The minimum atomic E-state index is -3.39. The van der Waals surface area contributed by atoms with Crippen molar-refractivity contribution in [3.8, 4) is 5.75 Å². The molecule has 240 valence electrons. The number of anilines is 3. The first-order chi connectivity index (χ1) is 22.1. The molecule has 2 aliphatic rings. The van der Waals surface area contributed by atoms with E-state index in [0.29, 0.717) is 59.0 Å². The Morgan fingerprint density at radius 1 is 1.13 bits per heavy atom. The quantitative estimate of drug-likeness (QED) is 0.170. The van der Waals surface area contributed by atoms with Gasteiger partial charge in [-0.05, 0) is 74.1 Å². The molecule has 46 heavy (non-hydrogen) atoms. The maximum absolute atomic E-state index is 16.3. The summed E-state index contributed by atoms with van der Waals surface area (Å²) in [5, 5.41) is 20.5. The molecule has 0 unspecified atom stereocenters. The van der Waals surface area contributed by atoms with E-state index in [0.717, 1.165) is 0 Å². The number of aliphatic hydroxyl groups is 1. The van der Waals surface area contributed by atoms with Crippen LogP contribution < -0.4 is 15.0 Å². The number of fused-ring (bicyclic) bond motifs is 2. The first-order valence-electron chi connectivity index (χ1n) is 15.4. The topological polar surface area (TPSA) is 119 Å². The number of halogens is 1. The van der Waals surface area contributed by atoms with Crippen molar-refractivity contribution in [2.75, 3.05) is 23.9 Å². The van der Waals surface area contributed by atoms with E-state index >= 15 is 4.11 Å². The number of carbonyl (C=O) groups is 2. The van der Waals surface area contributed by atoms with Crippen LogP contribution in [0.2, 0.25) is 18.6 Å². The average molecular weight is 644 g/mol. The third-order valence-electron chi connectivity index (χ3n) is 9.09. The number of aromatic nitrogens is 3. The number of carbonyl (C=O) groups excluding carboxylic acids is 2. The van der Waals surface area contributed by atoms with Crippen molar-refractivity contribution in [2.45, 2.75) is 56.7 Å². The highest BCUT2D eigenvalue weighted by atomic mass is 28.4. The summed E-state index contributed by atoms with van der Waals surface area (Å²) in [6, 6.07) is 21.5. The van der Waals surface area contributed by atoms with Gasteiger partial charge in [0.1, 0.15) is 5.75 Å². The highest BCUT2D eigenvalue weighted by molar-refractivity contribution is 6.72. The molecule has 0 radical (unpaired) electrons. The molecule has 12 heteroatoms. The Morgan fingerprint density at radius 2 is 1.87 bits per heavy atom. The Balaban J connectivity index is 1.38. The van der Waals surface area contributed by atoms with E-state index < -0.39 is 31.6 Å². The third-order valence-corrected chi connectivity index (χ3v) is 11.5. The van der Waals surface area contributed by atoms with Gasteiger partial charge in [0.2, 0.25) is 8.41 Å². The number of nitrogens with zero attached hydrogens (tertiary/aromatic N) is 4. The number of hydrogen-bond donors (Lipinski definition) is 2. The van der Waals surface area contributed by atoms with Crippen LogP contribution in [0.5, 0.6) is 5.75 Å². The molecule has 0 saturated carbocycles. The van der Waals surface area contributed by atoms with E-state index in [9.17, 15) is 14.7 Å². The van der Waals surface area contributed by atoms with Gasteiger partial charge in [0.25, 0.3) is 11.8 Å². The van der Waals surface area contributed by atoms with Crippen molar-refractivity contribution in [1.29, 1.82) is 0 Å². The van der Waals surface area contributed by atoms with Gasteiger partial charge < -0.3 is 24.0 Å². The summed E-state index contributed by atoms with van der Waals surface area (Å²) < 4.78 is 30.0. The fourth-order valence-corrected chi connectivity index (χ4v) is 9.58. The van der Waals surface area contributed by atoms with Crippen molar-refractivity contribution in [2.24, 2.45) is 5.92 Å². The van der Waals surface area contributed by atoms with Gasteiger partial charge in [-0.1, -0.05) is 30.3 Å². The summed E-state index contributed by atoms with van der Waals surface area (Å²) >= 11 is 0. The van der Waals surface area contributed by atoms with E-state index in [-0.39, 0.29) is 18.4 Å². The summed E-state index contributed by atoms with van der Waals surface area (Å²) in [7, 11) is -1.83. The van der Waals surface area contributed by atoms with Gasteiger partial charge in [0.15, 0.2) is 5.60 Å². The van der Waals surface area contributed by atoms with Gasteiger partial charge in [0, 0.05) is 59.7 Å². The molecule has 4 aromatic rings.